The molecule has 3 heterocycles. The van der Waals surface area contributed by atoms with Crippen molar-refractivity contribution >= 4 is 29.6 Å². The first kappa shape index (κ1) is 25.3. The monoisotopic (exact) mass is 500 g/mol. The van der Waals surface area contributed by atoms with E-state index in [1.807, 2.05) is 13.8 Å². The Balaban J connectivity index is 1.73. The van der Waals surface area contributed by atoms with Gasteiger partial charge in [0.25, 0.3) is 11.5 Å². The van der Waals surface area contributed by atoms with Gasteiger partial charge in [-0.2, -0.15) is 9.61 Å². The zero-order valence-electron chi connectivity index (χ0n) is 20.9. The van der Waals surface area contributed by atoms with Gasteiger partial charge in [-0.3, -0.25) is 19.0 Å². The number of carbonyl (C=O) groups is 3. The van der Waals surface area contributed by atoms with Crippen LogP contribution in [0.4, 0.5) is 4.79 Å². The highest BCUT2D eigenvalue weighted by atomic mass is 16.4. The van der Waals surface area contributed by atoms with Crippen LogP contribution in [0.25, 0.3) is 11.7 Å². The number of nitrogens with one attached hydrogen (secondary N) is 1. The highest BCUT2D eigenvalue weighted by molar-refractivity contribution is 5.97. The van der Waals surface area contributed by atoms with Gasteiger partial charge in [0, 0.05) is 49.9 Å². The molecule has 36 heavy (non-hydrogen) atoms. The zero-order chi connectivity index (χ0) is 26.3. The Kier molecular flexibility index (Phi) is 6.79. The molecule has 12 heteroatoms. The van der Waals surface area contributed by atoms with E-state index in [1.54, 1.807) is 24.8 Å². The minimum absolute atomic E-state index is 0.00849. The van der Waals surface area contributed by atoms with Gasteiger partial charge in [0.15, 0.2) is 5.56 Å². The van der Waals surface area contributed by atoms with Gasteiger partial charge in [0.05, 0.1) is 5.69 Å². The van der Waals surface area contributed by atoms with E-state index >= 15 is 0 Å². The molecule has 2 aliphatic rings. The minimum atomic E-state index is -1.01. The smallest absolute Gasteiger partial charge is 0.407 e. The third kappa shape index (κ3) is 4.79. The normalized spacial score (nSPS) is 18.4. The van der Waals surface area contributed by atoms with Crippen LogP contribution in [0.15, 0.2) is 10.9 Å². The average molecular weight is 501 g/mol. The van der Waals surface area contributed by atoms with Crippen LogP contribution in [-0.2, 0) is 11.3 Å². The molecule has 1 saturated heterocycles. The molecule has 194 valence electrons. The molecule has 0 radical (unpaired) electrons. The maximum absolute atomic E-state index is 13.2. The molecule has 2 aromatic heterocycles. The maximum atomic E-state index is 13.2. The molecule has 3 N–H and O–H groups in total. The number of rotatable bonds is 6. The van der Waals surface area contributed by atoms with Crippen LogP contribution in [0.5, 0.6) is 5.88 Å². The Morgan fingerprint density at radius 1 is 1.22 bits per heavy atom. The van der Waals surface area contributed by atoms with Crippen LogP contribution in [0, 0.1) is 12.8 Å². The molecule has 1 unspecified atom stereocenters. The van der Waals surface area contributed by atoms with E-state index in [1.165, 1.54) is 15.5 Å². The SMILES string of the molecule is Cc1nn2c(=O)c(C(=O)NC3CC3)c(O)n(CC(C)C)c2c1C=CC(=O)N1CCN(C(=O)O)CC1C. The number of hydrogen-bond acceptors (Lipinski definition) is 6. The summed E-state index contributed by atoms with van der Waals surface area (Å²) in [5.74, 6) is -1.29. The van der Waals surface area contributed by atoms with E-state index in [2.05, 4.69) is 10.4 Å². The highest BCUT2D eigenvalue weighted by Crippen LogP contribution is 2.26. The maximum Gasteiger partial charge on any atom is 0.407 e. The second-order valence-electron chi connectivity index (χ2n) is 9.93. The molecule has 0 spiro atoms. The second kappa shape index (κ2) is 9.67. The van der Waals surface area contributed by atoms with Crippen LogP contribution in [-0.4, -0.2) is 83.8 Å². The largest absolute Gasteiger partial charge is 0.494 e. The van der Waals surface area contributed by atoms with Crippen molar-refractivity contribution in [2.45, 2.75) is 59.2 Å². The third-order valence-electron chi connectivity index (χ3n) is 6.48. The number of hydrogen-bond donors (Lipinski definition) is 3. The van der Waals surface area contributed by atoms with Crippen LogP contribution in [0.3, 0.4) is 0 Å². The number of fused-ring (bicyclic) bond motifs is 1. The predicted octanol–water partition coefficient (Wildman–Crippen LogP) is 1.28. The van der Waals surface area contributed by atoms with E-state index in [-0.39, 0.29) is 49.1 Å². The lowest BCUT2D eigenvalue weighted by molar-refractivity contribution is -0.129. The summed E-state index contributed by atoms with van der Waals surface area (Å²) in [4.78, 5) is 53.0. The molecule has 0 bridgehead atoms. The summed E-state index contributed by atoms with van der Waals surface area (Å²) in [5.41, 5.74) is 0.140. The molecule has 1 saturated carbocycles. The van der Waals surface area contributed by atoms with Crippen LogP contribution in [0.1, 0.15) is 55.2 Å². The van der Waals surface area contributed by atoms with E-state index in [4.69, 9.17) is 0 Å². The highest BCUT2D eigenvalue weighted by Gasteiger charge is 2.31. The lowest BCUT2D eigenvalue weighted by Gasteiger charge is -2.38. The van der Waals surface area contributed by atoms with E-state index in [0.29, 0.717) is 23.4 Å². The lowest BCUT2D eigenvalue weighted by Crippen LogP contribution is -2.54. The van der Waals surface area contributed by atoms with Gasteiger partial charge in [0.2, 0.25) is 11.8 Å². The molecule has 1 atom stereocenters. The van der Waals surface area contributed by atoms with Gasteiger partial charge in [0.1, 0.15) is 5.65 Å². The van der Waals surface area contributed by atoms with Crippen molar-refractivity contribution in [3.8, 4) is 5.88 Å². The Bertz CT molecular complexity index is 1300. The van der Waals surface area contributed by atoms with Crippen molar-refractivity contribution in [1.29, 1.82) is 0 Å². The summed E-state index contributed by atoms with van der Waals surface area (Å²) in [7, 11) is 0. The van der Waals surface area contributed by atoms with Crippen molar-refractivity contribution in [3.05, 3.63) is 33.3 Å². The molecule has 0 aromatic carbocycles. The topological polar surface area (TPSA) is 149 Å². The molecule has 4 rings (SSSR count). The van der Waals surface area contributed by atoms with Gasteiger partial charge in [-0.1, -0.05) is 13.8 Å². The summed E-state index contributed by atoms with van der Waals surface area (Å²) in [6, 6.07) is -0.290. The molecule has 3 amide bonds. The van der Waals surface area contributed by atoms with E-state index < -0.39 is 23.4 Å². The number of piperazine rings is 1. The summed E-state index contributed by atoms with van der Waals surface area (Å²) >= 11 is 0. The molecule has 1 aliphatic carbocycles. The summed E-state index contributed by atoms with van der Waals surface area (Å²) in [6.07, 6.45) is 3.58. The molecular weight excluding hydrogens is 468 g/mol. The van der Waals surface area contributed by atoms with Crippen LogP contribution < -0.4 is 10.9 Å². The van der Waals surface area contributed by atoms with Crippen molar-refractivity contribution in [2.24, 2.45) is 5.92 Å². The quantitative estimate of drug-likeness (QED) is 0.506. The van der Waals surface area contributed by atoms with Gasteiger partial charge >= 0.3 is 6.09 Å². The number of aromatic hydroxyl groups is 1. The summed E-state index contributed by atoms with van der Waals surface area (Å²) in [6.45, 7) is 8.38. The van der Waals surface area contributed by atoms with Crippen LogP contribution in [0.2, 0.25) is 0 Å². The van der Waals surface area contributed by atoms with Gasteiger partial charge in [-0.15, -0.1) is 0 Å². The number of nitrogens with zero attached hydrogens (tertiary/aromatic N) is 5. The van der Waals surface area contributed by atoms with E-state index in [0.717, 1.165) is 17.4 Å². The van der Waals surface area contributed by atoms with Crippen molar-refractivity contribution in [1.82, 2.24) is 29.3 Å². The van der Waals surface area contributed by atoms with Crippen molar-refractivity contribution < 1.29 is 24.6 Å². The number of carbonyl (C=O) groups excluding carboxylic acids is 2. The average Bonchev–Trinajstić information content (AvgIpc) is 3.55. The first-order chi connectivity index (χ1) is 17.0. The first-order valence-electron chi connectivity index (χ1n) is 12.1. The fourth-order valence-corrected chi connectivity index (χ4v) is 4.49. The van der Waals surface area contributed by atoms with Gasteiger partial charge < -0.3 is 25.3 Å². The number of aryl methyl sites for hydroxylation is 1. The lowest BCUT2D eigenvalue weighted by atomic mass is 10.1. The molecule has 1 aliphatic heterocycles. The molecule has 2 fully saturated rings. The minimum Gasteiger partial charge on any atom is -0.494 e. The summed E-state index contributed by atoms with van der Waals surface area (Å²) in [5, 5.41) is 27.3. The number of amides is 3. The molecule has 12 nitrogen and oxygen atoms in total. The van der Waals surface area contributed by atoms with E-state index in [9.17, 15) is 29.4 Å². The summed E-state index contributed by atoms with van der Waals surface area (Å²) < 4.78 is 2.60. The van der Waals surface area contributed by atoms with Gasteiger partial charge in [-0.25, -0.2) is 4.79 Å². The standard InChI is InChI=1S/C24H32N6O6/c1-13(2)11-29-21-17(7-8-18(31)28-10-9-27(24(35)36)12-14(28)3)15(4)26-30(21)23(34)19(22(29)33)20(32)25-16-5-6-16/h7-8,13-14,16,33H,5-6,9-12H2,1-4H3,(H,25,32)(H,35,36). The zero-order valence-corrected chi connectivity index (χ0v) is 20.9. The van der Waals surface area contributed by atoms with Crippen molar-refractivity contribution in [3.63, 3.8) is 0 Å². The molecular formula is C24H32N6O6. The Morgan fingerprint density at radius 2 is 1.92 bits per heavy atom. The number of carboxylic acid groups (broad SMARTS) is 1. The fourth-order valence-electron chi connectivity index (χ4n) is 4.49. The molecule has 2 aromatic rings. The Labute approximate surface area is 207 Å². The fraction of sp³-hybridized carbons (Fsp3) is 0.542. The van der Waals surface area contributed by atoms with Gasteiger partial charge in [-0.05, 0) is 38.7 Å². The van der Waals surface area contributed by atoms with Crippen LogP contribution >= 0.6 is 0 Å². The second-order valence-corrected chi connectivity index (χ2v) is 9.93. The third-order valence-corrected chi connectivity index (χ3v) is 6.48. The Hall–Kier alpha value is -3.83. The predicted molar refractivity (Wildman–Crippen MR) is 131 cm³/mol. The van der Waals surface area contributed by atoms with Crippen molar-refractivity contribution in [2.75, 3.05) is 19.6 Å². The number of aromatic nitrogens is 3. The Morgan fingerprint density at radius 3 is 2.50 bits per heavy atom. The first-order valence-corrected chi connectivity index (χ1v) is 12.1.